The minimum absolute atomic E-state index is 0.132. The first-order valence-electron chi connectivity index (χ1n) is 5.23. The van der Waals surface area contributed by atoms with Crippen LogP contribution >= 0.6 is 0 Å². The predicted octanol–water partition coefficient (Wildman–Crippen LogP) is 3.08. The smallest absolute Gasteiger partial charge is 0.0293 e. The van der Waals surface area contributed by atoms with E-state index in [0.29, 0.717) is 5.92 Å². The van der Waals surface area contributed by atoms with Gasteiger partial charge < -0.3 is 5.73 Å². The van der Waals surface area contributed by atoms with E-state index in [1.54, 1.807) is 0 Å². The van der Waals surface area contributed by atoms with Crippen molar-refractivity contribution in [3.05, 3.63) is 48.0 Å². The molecule has 1 aromatic rings. The van der Waals surface area contributed by atoms with Gasteiger partial charge in [0, 0.05) is 12.0 Å². The van der Waals surface area contributed by atoms with E-state index in [-0.39, 0.29) is 6.04 Å². The van der Waals surface area contributed by atoms with Crippen LogP contribution in [0.4, 0.5) is 0 Å². The molecule has 1 nitrogen and oxygen atoms in total. The molecular formula is C13H19N. The fraction of sp³-hybridized carbons (Fsp3) is 0.385. The Morgan fingerprint density at radius 1 is 1.29 bits per heavy atom. The zero-order valence-electron chi connectivity index (χ0n) is 8.98. The maximum Gasteiger partial charge on any atom is 0.0293 e. The summed E-state index contributed by atoms with van der Waals surface area (Å²) < 4.78 is 0. The molecule has 1 rings (SSSR count). The highest BCUT2D eigenvalue weighted by molar-refractivity contribution is 5.22. The molecule has 0 saturated carbocycles. The van der Waals surface area contributed by atoms with Crippen molar-refractivity contribution in [1.29, 1.82) is 0 Å². The number of rotatable bonds is 4. The average Bonchev–Trinajstić information content (AvgIpc) is 2.21. The largest absolute Gasteiger partial charge is 0.324 e. The first-order valence-corrected chi connectivity index (χ1v) is 5.23. The van der Waals surface area contributed by atoms with Crippen molar-refractivity contribution in [2.45, 2.75) is 32.2 Å². The van der Waals surface area contributed by atoms with Gasteiger partial charge in [-0.25, -0.2) is 0 Å². The quantitative estimate of drug-likeness (QED) is 0.724. The zero-order valence-corrected chi connectivity index (χ0v) is 8.98. The Labute approximate surface area is 86.6 Å². The second-order valence-electron chi connectivity index (χ2n) is 3.53. The van der Waals surface area contributed by atoms with Crippen molar-refractivity contribution in [3.63, 3.8) is 0 Å². The monoisotopic (exact) mass is 189 g/mol. The molecular weight excluding hydrogens is 170 g/mol. The third-order valence-corrected chi connectivity index (χ3v) is 2.55. The molecule has 0 spiro atoms. The van der Waals surface area contributed by atoms with Crippen LogP contribution in [0.5, 0.6) is 0 Å². The zero-order chi connectivity index (χ0) is 10.4. The van der Waals surface area contributed by atoms with Crippen molar-refractivity contribution >= 4 is 0 Å². The summed E-state index contributed by atoms with van der Waals surface area (Å²) in [4.78, 5) is 0. The van der Waals surface area contributed by atoms with Gasteiger partial charge in [0.25, 0.3) is 0 Å². The Morgan fingerprint density at radius 3 is 2.43 bits per heavy atom. The molecule has 0 radical (unpaired) electrons. The van der Waals surface area contributed by atoms with Gasteiger partial charge in [0.1, 0.15) is 0 Å². The van der Waals surface area contributed by atoms with Crippen molar-refractivity contribution in [3.8, 4) is 0 Å². The SMILES string of the molecule is CC=CC(N)C(CC)c1ccccc1. The minimum atomic E-state index is 0.132. The summed E-state index contributed by atoms with van der Waals surface area (Å²) in [6.07, 6.45) is 5.17. The van der Waals surface area contributed by atoms with E-state index in [2.05, 4.69) is 37.3 Å². The maximum atomic E-state index is 6.08. The van der Waals surface area contributed by atoms with Crippen molar-refractivity contribution in [1.82, 2.24) is 0 Å². The first-order chi connectivity index (χ1) is 6.79. The Morgan fingerprint density at radius 2 is 1.93 bits per heavy atom. The van der Waals surface area contributed by atoms with Crippen LogP contribution < -0.4 is 5.73 Å². The first kappa shape index (κ1) is 11.0. The molecule has 2 atom stereocenters. The lowest BCUT2D eigenvalue weighted by Crippen LogP contribution is -2.25. The Balaban J connectivity index is 2.82. The molecule has 0 fully saturated rings. The number of allylic oxidation sites excluding steroid dienone is 1. The van der Waals surface area contributed by atoms with E-state index in [9.17, 15) is 0 Å². The van der Waals surface area contributed by atoms with Crippen LogP contribution in [-0.4, -0.2) is 6.04 Å². The molecule has 0 aliphatic rings. The topological polar surface area (TPSA) is 26.0 Å². The van der Waals surface area contributed by atoms with Gasteiger partial charge in [0.2, 0.25) is 0 Å². The molecule has 1 heteroatoms. The molecule has 0 saturated heterocycles. The fourth-order valence-corrected chi connectivity index (χ4v) is 1.79. The van der Waals surface area contributed by atoms with E-state index >= 15 is 0 Å². The van der Waals surface area contributed by atoms with E-state index in [0.717, 1.165) is 6.42 Å². The highest BCUT2D eigenvalue weighted by Crippen LogP contribution is 2.22. The van der Waals surface area contributed by atoms with E-state index in [1.807, 2.05) is 19.1 Å². The summed E-state index contributed by atoms with van der Waals surface area (Å²) >= 11 is 0. The van der Waals surface area contributed by atoms with Crippen molar-refractivity contribution < 1.29 is 0 Å². The minimum Gasteiger partial charge on any atom is -0.324 e. The second-order valence-corrected chi connectivity index (χ2v) is 3.53. The van der Waals surface area contributed by atoms with Gasteiger partial charge in [-0.2, -0.15) is 0 Å². The van der Waals surface area contributed by atoms with Crippen LogP contribution in [0.3, 0.4) is 0 Å². The average molecular weight is 189 g/mol. The molecule has 1 aromatic carbocycles. The van der Waals surface area contributed by atoms with E-state index in [4.69, 9.17) is 5.73 Å². The van der Waals surface area contributed by atoms with Crippen LogP contribution in [0.15, 0.2) is 42.5 Å². The van der Waals surface area contributed by atoms with Crippen LogP contribution in [-0.2, 0) is 0 Å². The molecule has 0 aromatic heterocycles. The van der Waals surface area contributed by atoms with Crippen LogP contribution in [0, 0.1) is 0 Å². The van der Waals surface area contributed by atoms with Gasteiger partial charge in [0.05, 0.1) is 0 Å². The highest BCUT2D eigenvalue weighted by atomic mass is 14.6. The molecule has 0 heterocycles. The second kappa shape index (κ2) is 5.61. The molecule has 0 aliphatic carbocycles. The third kappa shape index (κ3) is 2.71. The summed E-state index contributed by atoms with van der Waals surface area (Å²) in [7, 11) is 0. The van der Waals surface area contributed by atoms with Crippen LogP contribution in [0.2, 0.25) is 0 Å². The molecule has 0 aliphatic heterocycles. The summed E-state index contributed by atoms with van der Waals surface area (Å²) in [5.74, 6) is 0.437. The Hall–Kier alpha value is -1.08. The number of benzene rings is 1. The third-order valence-electron chi connectivity index (χ3n) is 2.55. The number of hydrogen-bond donors (Lipinski definition) is 1. The fourth-order valence-electron chi connectivity index (χ4n) is 1.79. The molecule has 0 amide bonds. The highest BCUT2D eigenvalue weighted by Gasteiger charge is 2.14. The molecule has 76 valence electrons. The van der Waals surface area contributed by atoms with Crippen LogP contribution in [0.25, 0.3) is 0 Å². The summed E-state index contributed by atoms with van der Waals surface area (Å²) in [6.45, 7) is 4.19. The van der Waals surface area contributed by atoms with E-state index in [1.165, 1.54) is 5.56 Å². The lowest BCUT2D eigenvalue weighted by atomic mass is 9.89. The standard InChI is InChI=1S/C13H19N/c1-3-8-13(14)12(4-2)11-9-6-5-7-10-11/h3,5-10,12-13H,4,14H2,1-2H3. The Bertz CT molecular complexity index is 277. The molecule has 14 heavy (non-hydrogen) atoms. The lowest BCUT2D eigenvalue weighted by molar-refractivity contribution is 0.591. The summed E-state index contributed by atoms with van der Waals surface area (Å²) in [5, 5.41) is 0. The van der Waals surface area contributed by atoms with Gasteiger partial charge in [-0.15, -0.1) is 0 Å². The van der Waals surface area contributed by atoms with Gasteiger partial charge in [-0.3, -0.25) is 0 Å². The molecule has 0 bridgehead atoms. The van der Waals surface area contributed by atoms with Gasteiger partial charge in [0.15, 0.2) is 0 Å². The summed E-state index contributed by atoms with van der Waals surface area (Å²) in [5.41, 5.74) is 7.42. The molecule has 2 unspecified atom stereocenters. The van der Waals surface area contributed by atoms with Crippen molar-refractivity contribution in [2.24, 2.45) is 5.73 Å². The van der Waals surface area contributed by atoms with Crippen molar-refractivity contribution in [2.75, 3.05) is 0 Å². The predicted molar refractivity (Wildman–Crippen MR) is 62.3 cm³/mol. The maximum absolute atomic E-state index is 6.08. The van der Waals surface area contributed by atoms with E-state index < -0.39 is 0 Å². The normalized spacial score (nSPS) is 15.6. The number of hydrogen-bond acceptors (Lipinski definition) is 1. The summed E-state index contributed by atoms with van der Waals surface area (Å²) in [6, 6.07) is 10.6. The molecule has 2 N–H and O–H groups in total. The van der Waals surface area contributed by atoms with Gasteiger partial charge >= 0.3 is 0 Å². The number of nitrogens with two attached hydrogens (primary N) is 1. The van der Waals surface area contributed by atoms with Gasteiger partial charge in [-0.05, 0) is 18.9 Å². The van der Waals surface area contributed by atoms with Gasteiger partial charge in [-0.1, -0.05) is 49.4 Å². The van der Waals surface area contributed by atoms with Crippen LogP contribution in [0.1, 0.15) is 31.7 Å². The Kier molecular flexibility index (Phi) is 4.41. The lowest BCUT2D eigenvalue weighted by Gasteiger charge is -2.20.